The van der Waals surface area contributed by atoms with E-state index >= 15 is 0 Å². The zero-order valence-electron chi connectivity index (χ0n) is 8.77. The first-order valence-electron chi connectivity index (χ1n) is 5.09. The summed E-state index contributed by atoms with van der Waals surface area (Å²) in [6, 6.07) is 6.29. The monoisotopic (exact) mass is 221 g/mol. The van der Waals surface area contributed by atoms with E-state index in [4.69, 9.17) is 10.2 Å². The van der Waals surface area contributed by atoms with Crippen molar-refractivity contribution in [2.75, 3.05) is 0 Å². The van der Waals surface area contributed by atoms with Gasteiger partial charge in [-0.15, -0.1) is 11.3 Å². The van der Waals surface area contributed by atoms with Crippen LogP contribution in [0.25, 0.3) is 0 Å². The zero-order valence-corrected chi connectivity index (χ0v) is 9.59. The third kappa shape index (κ3) is 2.49. The lowest BCUT2D eigenvalue weighted by molar-refractivity contribution is 0.521. The second-order valence-corrected chi connectivity index (χ2v) is 4.69. The van der Waals surface area contributed by atoms with Crippen LogP contribution in [0.3, 0.4) is 0 Å². The fourth-order valence-electron chi connectivity index (χ4n) is 1.69. The van der Waals surface area contributed by atoms with Gasteiger partial charge in [0.25, 0.3) is 0 Å². The summed E-state index contributed by atoms with van der Waals surface area (Å²) in [7, 11) is 0. The fraction of sp³-hybridized carbons (Fsp3) is 0.333. The molecule has 0 spiro atoms. The average molecular weight is 221 g/mol. The summed E-state index contributed by atoms with van der Waals surface area (Å²) in [6.07, 6.45) is 3.72. The Kier molecular flexibility index (Phi) is 3.23. The van der Waals surface area contributed by atoms with Crippen LogP contribution in [0, 0.1) is 6.92 Å². The van der Waals surface area contributed by atoms with Crippen LogP contribution in [-0.4, -0.2) is 0 Å². The minimum Gasteiger partial charge on any atom is -0.469 e. The molecule has 1 unspecified atom stereocenters. The third-order valence-electron chi connectivity index (χ3n) is 2.58. The molecule has 0 aliphatic carbocycles. The Labute approximate surface area is 93.7 Å². The highest BCUT2D eigenvalue weighted by Crippen LogP contribution is 2.22. The molecule has 0 amide bonds. The van der Waals surface area contributed by atoms with E-state index < -0.39 is 0 Å². The second kappa shape index (κ2) is 4.64. The molecule has 0 fully saturated rings. The van der Waals surface area contributed by atoms with E-state index in [1.807, 2.05) is 13.0 Å². The van der Waals surface area contributed by atoms with E-state index in [0.29, 0.717) is 0 Å². The molecule has 0 saturated carbocycles. The number of nitrogens with two attached hydrogens (primary N) is 1. The Balaban J connectivity index is 1.93. The molecule has 0 aliphatic heterocycles. The van der Waals surface area contributed by atoms with Gasteiger partial charge in [-0.05, 0) is 37.3 Å². The average Bonchev–Trinajstić information content (AvgIpc) is 2.84. The van der Waals surface area contributed by atoms with Gasteiger partial charge in [0.05, 0.1) is 6.26 Å². The minimum absolute atomic E-state index is 0.0887. The molecule has 0 aromatic carbocycles. The summed E-state index contributed by atoms with van der Waals surface area (Å²) >= 11 is 1.79. The summed E-state index contributed by atoms with van der Waals surface area (Å²) in [5.41, 5.74) is 7.23. The molecule has 80 valence electrons. The van der Waals surface area contributed by atoms with E-state index in [1.165, 1.54) is 4.88 Å². The number of aryl methyl sites for hydroxylation is 2. The van der Waals surface area contributed by atoms with Gasteiger partial charge in [0.15, 0.2) is 0 Å². The fourth-order valence-corrected chi connectivity index (χ4v) is 2.41. The SMILES string of the molecule is Cc1occc1C(N)CCc1cccs1. The summed E-state index contributed by atoms with van der Waals surface area (Å²) in [6.45, 7) is 1.96. The number of thiophene rings is 1. The first kappa shape index (κ1) is 10.5. The standard InChI is InChI=1S/C12H15NOS/c1-9-11(6-7-14-9)12(13)5-4-10-3-2-8-15-10/h2-3,6-8,12H,4-5,13H2,1H3. The van der Waals surface area contributed by atoms with Crippen LogP contribution in [-0.2, 0) is 6.42 Å². The predicted molar refractivity (Wildman–Crippen MR) is 63.0 cm³/mol. The van der Waals surface area contributed by atoms with E-state index in [1.54, 1.807) is 17.6 Å². The van der Waals surface area contributed by atoms with Gasteiger partial charge < -0.3 is 10.2 Å². The van der Waals surface area contributed by atoms with E-state index in [9.17, 15) is 0 Å². The Bertz CT molecular complexity index is 405. The van der Waals surface area contributed by atoms with Crippen molar-refractivity contribution in [1.82, 2.24) is 0 Å². The van der Waals surface area contributed by atoms with Crippen LogP contribution in [0.2, 0.25) is 0 Å². The molecule has 1 atom stereocenters. The van der Waals surface area contributed by atoms with Gasteiger partial charge >= 0.3 is 0 Å². The van der Waals surface area contributed by atoms with Crippen molar-refractivity contribution in [3.8, 4) is 0 Å². The van der Waals surface area contributed by atoms with Crippen molar-refractivity contribution in [3.63, 3.8) is 0 Å². The predicted octanol–water partition coefficient (Wildman–Crippen LogP) is 3.28. The third-order valence-corrected chi connectivity index (χ3v) is 3.52. The summed E-state index contributed by atoms with van der Waals surface area (Å²) in [4.78, 5) is 1.39. The van der Waals surface area contributed by atoms with Crippen LogP contribution < -0.4 is 5.73 Å². The van der Waals surface area contributed by atoms with Crippen molar-refractivity contribution in [2.45, 2.75) is 25.8 Å². The van der Waals surface area contributed by atoms with Crippen molar-refractivity contribution in [3.05, 3.63) is 46.0 Å². The van der Waals surface area contributed by atoms with Gasteiger partial charge in [-0.1, -0.05) is 6.07 Å². The first-order chi connectivity index (χ1) is 7.27. The maximum absolute atomic E-state index is 6.10. The summed E-state index contributed by atoms with van der Waals surface area (Å²) < 4.78 is 5.25. The van der Waals surface area contributed by atoms with Gasteiger partial charge in [-0.2, -0.15) is 0 Å². The molecule has 0 bridgehead atoms. The molecule has 2 aromatic heterocycles. The van der Waals surface area contributed by atoms with Crippen molar-refractivity contribution >= 4 is 11.3 Å². The molecule has 0 aliphatic rings. The van der Waals surface area contributed by atoms with Crippen LogP contribution in [0.1, 0.15) is 28.7 Å². The van der Waals surface area contributed by atoms with Crippen LogP contribution >= 0.6 is 11.3 Å². The van der Waals surface area contributed by atoms with Gasteiger partial charge in [0.1, 0.15) is 5.76 Å². The van der Waals surface area contributed by atoms with Gasteiger partial charge in [0.2, 0.25) is 0 Å². The largest absolute Gasteiger partial charge is 0.469 e. The lowest BCUT2D eigenvalue weighted by Gasteiger charge is -2.09. The first-order valence-corrected chi connectivity index (χ1v) is 5.97. The Morgan fingerprint density at radius 3 is 2.93 bits per heavy atom. The van der Waals surface area contributed by atoms with Gasteiger partial charge in [-0.3, -0.25) is 0 Å². The van der Waals surface area contributed by atoms with Gasteiger partial charge in [-0.25, -0.2) is 0 Å². The lowest BCUT2D eigenvalue weighted by Crippen LogP contribution is -2.11. The quantitative estimate of drug-likeness (QED) is 0.860. The Morgan fingerprint density at radius 2 is 2.33 bits per heavy atom. The molecule has 0 saturated heterocycles. The molecular formula is C12H15NOS. The Morgan fingerprint density at radius 1 is 1.47 bits per heavy atom. The van der Waals surface area contributed by atoms with E-state index in [0.717, 1.165) is 24.2 Å². The second-order valence-electron chi connectivity index (χ2n) is 3.66. The smallest absolute Gasteiger partial charge is 0.105 e. The molecular weight excluding hydrogens is 206 g/mol. The number of rotatable bonds is 4. The molecule has 2 nitrogen and oxygen atoms in total. The molecule has 2 heterocycles. The van der Waals surface area contributed by atoms with E-state index in [2.05, 4.69) is 17.5 Å². The maximum Gasteiger partial charge on any atom is 0.105 e. The Hall–Kier alpha value is -1.06. The van der Waals surface area contributed by atoms with Crippen molar-refractivity contribution in [1.29, 1.82) is 0 Å². The van der Waals surface area contributed by atoms with Gasteiger partial charge in [0, 0.05) is 16.5 Å². The summed E-state index contributed by atoms with van der Waals surface area (Å²) in [5.74, 6) is 0.939. The molecule has 2 N–H and O–H groups in total. The molecule has 0 radical (unpaired) electrons. The molecule has 2 aromatic rings. The van der Waals surface area contributed by atoms with Crippen LogP contribution in [0.4, 0.5) is 0 Å². The topological polar surface area (TPSA) is 39.2 Å². The lowest BCUT2D eigenvalue weighted by atomic mass is 10.0. The number of hydrogen-bond donors (Lipinski definition) is 1. The van der Waals surface area contributed by atoms with Crippen LogP contribution in [0.5, 0.6) is 0 Å². The molecule has 3 heteroatoms. The van der Waals surface area contributed by atoms with Crippen LogP contribution in [0.15, 0.2) is 34.3 Å². The van der Waals surface area contributed by atoms with Crippen molar-refractivity contribution in [2.24, 2.45) is 5.73 Å². The molecule has 15 heavy (non-hydrogen) atoms. The highest BCUT2D eigenvalue weighted by Gasteiger charge is 2.11. The molecule has 2 rings (SSSR count). The summed E-state index contributed by atoms with van der Waals surface area (Å²) in [5, 5.41) is 2.10. The highest BCUT2D eigenvalue weighted by atomic mass is 32.1. The number of furan rings is 1. The zero-order chi connectivity index (χ0) is 10.7. The van der Waals surface area contributed by atoms with E-state index in [-0.39, 0.29) is 6.04 Å². The minimum atomic E-state index is 0.0887. The normalized spacial score (nSPS) is 12.9. The maximum atomic E-state index is 6.10. The van der Waals surface area contributed by atoms with Crippen molar-refractivity contribution < 1.29 is 4.42 Å². The highest BCUT2D eigenvalue weighted by molar-refractivity contribution is 7.09. The number of hydrogen-bond acceptors (Lipinski definition) is 3.